The van der Waals surface area contributed by atoms with Crippen LogP contribution >= 0.6 is 0 Å². The van der Waals surface area contributed by atoms with Crippen molar-refractivity contribution in [2.24, 2.45) is 0 Å². The van der Waals surface area contributed by atoms with E-state index in [4.69, 9.17) is 9.84 Å². The molecular formula is C13H20O2. The standard InChI is InChI=1S/C13H20O2/c1-5-13(2,3)11-6-10(9-14)7-12(8-11)15-4/h6-8,14H,5,9H2,1-4H3. The van der Waals surface area contributed by atoms with Gasteiger partial charge in [0.15, 0.2) is 0 Å². The first kappa shape index (κ1) is 12.1. The summed E-state index contributed by atoms with van der Waals surface area (Å²) in [6.45, 7) is 6.62. The average Bonchev–Trinajstić information content (AvgIpc) is 2.28. The van der Waals surface area contributed by atoms with Crippen LogP contribution in [0.1, 0.15) is 38.3 Å². The number of benzene rings is 1. The fourth-order valence-corrected chi connectivity index (χ4v) is 1.46. The Kier molecular flexibility index (Phi) is 3.75. The summed E-state index contributed by atoms with van der Waals surface area (Å²) < 4.78 is 5.23. The molecular weight excluding hydrogens is 188 g/mol. The van der Waals surface area contributed by atoms with Crippen molar-refractivity contribution < 1.29 is 9.84 Å². The smallest absolute Gasteiger partial charge is 0.119 e. The molecule has 1 aromatic rings. The Labute approximate surface area is 91.9 Å². The van der Waals surface area contributed by atoms with E-state index in [0.717, 1.165) is 17.7 Å². The number of rotatable bonds is 4. The summed E-state index contributed by atoms with van der Waals surface area (Å²) in [5, 5.41) is 9.16. The van der Waals surface area contributed by atoms with Crippen LogP contribution in [0.25, 0.3) is 0 Å². The van der Waals surface area contributed by atoms with Gasteiger partial charge in [-0.15, -0.1) is 0 Å². The summed E-state index contributed by atoms with van der Waals surface area (Å²) in [6, 6.07) is 5.96. The second-order valence-corrected chi connectivity index (χ2v) is 4.47. The van der Waals surface area contributed by atoms with Gasteiger partial charge >= 0.3 is 0 Å². The first-order valence-corrected chi connectivity index (χ1v) is 5.32. The van der Waals surface area contributed by atoms with Crippen molar-refractivity contribution in [3.05, 3.63) is 29.3 Å². The molecule has 0 unspecified atom stereocenters. The quantitative estimate of drug-likeness (QED) is 0.824. The van der Waals surface area contributed by atoms with Crippen LogP contribution < -0.4 is 4.74 Å². The van der Waals surface area contributed by atoms with E-state index in [2.05, 4.69) is 20.8 Å². The number of hydrogen-bond acceptors (Lipinski definition) is 2. The van der Waals surface area contributed by atoms with Gasteiger partial charge in [-0.05, 0) is 35.1 Å². The van der Waals surface area contributed by atoms with Crippen LogP contribution in [0.4, 0.5) is 0 Å². The molecule has 15 heavy (non-hydrogen) atoms. The monoisotopic (exact) mass is 208 g/mol. The molecule has 84 valence electrons. The number of hydrogen-bond donors (Lipinski definition) is 1. The molecule has 2 heteroatoms. The summed E-state index contributed by atoms with van der Waals surface area (Å²) in [4.78, 5) is 0. The molecule has 0 saturated heterocycles. The van der Waals surface area contributed by atoms with Gasteiger partial charge in [-0.1, -0.05) is 26.8 Å². The Bertz CT molecular complexity index is 307. The van der Waals surface area contributed by atoms with E-state index < -0.39 is 0 Å². The highest BCUT2D eigenvalue weighted by Crippen LogP contribution is 2.30. The van der Waals surface area contributed by atoms with E-state index in [-0.39, 0.29) is 12.0 Å². The van der Waals surface area contributed by atoms with Crippen LogP contribution in [-0.4, -0.2) is 12.2 Å². The second kappa shape index (κ2) is 4.67. The third kappa shape index (κ3) is 2.72. The molecule has 0 atom stereocenters. The topological polar surface area (TPSA) is 29.5 Å². The van der Waals surface area contributed by atoms with Crippen molar-refractivity contribution in [1.82, 2.24) is 0 Å². The second-order valence-electron chi connectivity index (χ2n) is 4.47. The molecule has 0 aliphatic heterocycles. The highest BCUT2D eigenvalue weighted by molar-refractivity contribution is 5.37. The van der Waals surface area contributed by atoms with Crippen molar-refractivity contribution in [3.8, 4) is 5.75 Å². The molecule has 0 aliphatic carbocycles. The lowest BCUT2D eigenvalue weighted by atomic mass is 9.81. The van der Waals surface area contributed by atoms with Gasteiger partial charge in [-0.2, -0.15) is 0 Å². The van der Waals surface area contributed by atoms with Crippen LogP contribution in [0.15, 0.2) is 18.2 Å². The van der Waals surface area contributed by atoms with E-state index in [1.165, 1.54) is 5.56 Å². The fourth-order valence-electron chi connectivity index (χ4n) is 1.46. The Morgan fingerprint density at radius 1 is 1.27 bits per heavy atom. The largest absolute Gasteiger partial charge is 0.497 e. The molecule has 0 aliphatic rings. The predicted octanol–water partition coefficient (Wildman–Crippen LogP) is 2.88. The number of ether oxygens (including phenoxy) is 1. The van der Waals surface area contributed by atoms with E-state index >= 15 is 0 Å². The summed E-state index contributed by atoms with van der Waals surface area (Å²) in [6.07, 6.45) is 1.06. The zero-order valence-electron chi connectivity index (χ0n) is 10.0. The van der Waals surface area contributed by atoms with Gasteiger partial charge in [0, 0.05) is 0 Å². The average molecular weight is 208 g/mol. The molecule has 0 bridgehead atoms. The zero-order chi connectivity index (χ0) is 11.5. The van der Waals surface area contributed by atoms with E-state index in [1.54, 1.807) is 7.11 Å². The molecule has 1 rings (SSSR count). The van der Waals surface area contributed by atoms with Crippen molar-refractivity contribution in [2.75, 3.05) is 7.11 Å². The van der Waals surface area contributed by atoms with Crippen LogP contribution in [0.2, 0.25) is 0 Å². The van der Waals surface area contributed by atoms with Gasteiger partial charge in [0.2, 0.25) is 0 Å². The van der Waals surface area contributed by atoms with Crippen molar-refractivity contribution in [3.63, 3.8) is 0 Å². The Balaban J connectivity index is 3.18. The first-order valence-electron chi connectivity index (χ1n) is 5.32. The summed E-state index contributed by atoms with van der Waals surface area (Å²) in [5.74, 6) is 0.818. The summed E-state index contributed by atoms with van der Waals surface area (Å²) in [5.41, 5.74) is 2.25. The minimum Gasteiger partial charge on any atom is -0.497 e. The summed E-state index contributed by atoms with van der Waals surface area (Å²) in [7, 11) is 1.65. The SMILES string of the molecule is CCC(C)(C)c1cc(CO)cc(OC)c1. The van der Waals surface area contributed by atoms with E-state index in [0.29, 0.717) is 0 Å². The molecule has 1 N–H and O–H groups in total. The number of aliphatic hydroxyl groups excluding tert-OH is 1. The maximum atomic E-state index is 9.16. The fraction of sp³-hybridized carbons (Fsp3) is 0.538. The van der Waals surface area contributed by atoms with Crippen molar-refractivity contribution in [1.29, 1.82) is 0 Å². The lowest BCUT2D eigenvalue weighted by Crippen LogP contribution is -2.15. The van der Waals surface area contributed by atoms with Gasteiger partial charge in [-0.25, -0.2) is 0 Å². The lowest BCUT2D eigenvalue weighted by molar-refractivity contribution is 0.280. The van der Waals surface area contributed by atoms with Gasteiger partial charge in [-0.3, -0.25) is 0 Å². The Morgan fingerprint density at radius 2 is 1.93 bits per heavy atom. The Morgan fingerprint density at radius 3 is 2.40 bits per heavy atom. The molecule has 0 saturated carbocycles. The summed E-state index contributed by atoms with van der Waals surface area (Å²) >= 11 is 0. The molecule has 2 nitrogen and oxygen atoms in total. The highest BCUT2D eigenvalue weighted by Gasteiger charge is 2.19. The first-order chi connectivity index (χ1) is 7.03. The maximum Gasteiger partial charge on any atom is 0.119 e. The van der Waals surface area contributed by atoms with E-state index in [9.17, 15) is 0 Å². The molecule has 0 heterocycles. The number of aliphatic hydroxyl groups is 1. The molecule has 0 radical (unpaired) electrons. The van der Waals surface area contributed by atoms with Crippen LogP contribution in [-0.2, 0) is 12.0 Å². The molecule has 0 fully saturated rings. The van der Waals surface area contributed by atoms with Crippen LogP contribution in [0.5, 0.6) is 5.75 Å². The van der Waals surface area contributed by atoms with Gasteiger partial charge in [0.1, 0.15) is 5.75 Å². The molecule has 0 amide bonds. The number of methoxy groups -OCH3 is 1. The maximum absolute atomic E-state index is 9.16. The Hall–Kier alpha value is -1.02. The van der Waals surface area contributed by atoms with Gasteiger partial charge < -0.3 is 9.84 Å². The van der Waals surface area contributed by atoms with Gasteiger partial charge in [0.05, 0.1) is 13.7 Å². The minimum absolute atomic E-state index is 0.0595. The normalized spacial score (nSPS) is 11.5. The minimum atomic E-state index is 0.0595. The predicted molar refractivity (Wildman–Crippen MR) is 62.2 cm³/mol. The third-order valence-corrected chi connectivity index (χ3v) is 3.05. The van der Waals surface area contributed by atoms with E-state index in [1.807, 2.05) is 18.2 Å². The molecule has 0 spiro atoms. The molecule has 0 aromatic heterocycles. The lowest BCUT2D eigenvalue weighted by Gasteiger charge is -2.24. The highest BCUT2D eigenvalue weighted by atomic mass is 16.5. The van der Waals surface area contributed by atoms with Gasteiger partial charge in [0.25, 0.3) is 0 Å². The molecule has 1 aromatic carbocycles. The van der Waals surface area contributed by atoms with Crippen molar-refractivity contribution >= 4 is 0 Å². The van der Waals surface area contributed by atoms with Crippen molar-refractivity contribution in [2.45, 2.75) is 39.2 Å². The third-order valence-electron chi connectivity index (χ3n) is 3.05. The van der Waals surface area contributed by atoms with Crippen LogP contribution in [0.3, 0.4) is 0 Å². The zero-order valence-corrected chi connectivity index (χ0v) is 10.0. The van der Waals surface area contributed by atoms with Crippen LogP contribution in [0, 0.1) is 0 Å².